The van der Waals surface area contributed by atoms with Gasteiger partial charge in [0.15, 0.2) is 0 Å². The lowest BCUT2D eigenvalue weighted by Crippen LogP contribution is -2.50. The number of nitrogens with one attached hydrogen (secondary N) is 1. The average molecular weight is 411 g/mol. The molecule has 10 heteroatoms. The van der Waals surface area contributed by atoms with Crippen LogP contribution in [-0.2, 0) is 4.74 Å². The third kappa shape index (κ3) is 4.12. The quantitative estimate of drug-likeness (QED) is 0.700. The minimum absolute atomic E-state index is 0.281. The number of piperazine rings is 1. The van der Waals surface area contributed by atoms with E-state index in [0.717, 1.165) is 16.7 Å². The molecule has 1 aliphatic heterocycles. The van der Waals surface area contributed by atoms with Crippen molar-refractivity contribution >= 4 is 22.8 Å². The topological polar surface area (TPSA) is 109 Å². The molecule has 3 aromatic heterocycles. The number of hydrogen-bond donors (Lipinski definition) is 1. The van der Waals surface area contributed by atoms with Gasteiger partial charge in [0.2, 0.25) is 5.88 Å². The van der Waals surface area contributed by atoms with E-state index in [2.05, 4.69) is 30.0 Å². The highest BCUT2D eigenvalue weighted by Gasteiger charge is 2.26. The van der Waals surface area contributed by atoms with Crippen LogP contribution >= 0.6 is 0 Å². The molecule has 158 valence electrons. The first-order chi connectivity index (χ1) is 14.3. The lowest BCUT2D eigenvalue weighted by Gasteiger charge is -2.36. The summed E-state index contributed by atoms with van der Waals surface area (Å²) in [5, 5.41) is 8.25. The lowest BCUT2D eigenvalue weighted by atomic mass is 10.2. The van der Waals surface area contributed by atoms with Gasteiger partial charge in [0, 0.05) is 43.7 Å². The van der Waals surface area contributed by atoms with Crippen LogP contribution in [0.4, 0.5) is 10.6 Å². The number of pyridine rings is 1. The van der Waals surface area contributed by atoms with Gasteiger partial charge in [-0.2, -0.15) is 5.10 Å². The van der Waals surface area contributed by atoms with Gasteiger partial charge in [0.25, 0.3) is 0 Å². The number of hydrogen-bond acceptors (Lipinski definition) is 8. The Hall–Kier alpha value is -3.43. The first kappa shape index (κ1) is 19.9. The Kier molecular flexibility index (Phi) is 5.15. The smallest absolute Gasteiger partial charge is 0.410 e. The Labute approximate surface area is 174 Å². The van der Waals surface area contributed by atoms with Crippen molar-refractivity contribution in [1.82, 2.24) is 30.0 Å². The van der Waals surface area contributed by atoms with Crippen LogP contribution < -0.4 is 9.64 Å². The van der Waals surface area contributed by atoms with Gasteiger partial charge < -0.3 is 19.3 Å². The highest BCUT2D eigenvalue weighted by Crippen LogP contribution is 2.28. The van der Waals surface area contributed by atoms with Gasteiger partial charge in [0.1, 0.15) is 23.4 Å². The Balaban J connectivity index is 1.51. The van der Waals surface area contributed by atoms with E-state index >= 15 is 0 Å². The van der Waals surface area contributed by atoms with Gasteiger partial charge in [-0.3, -0.25) is 5.10 Å². The number of aromatic amines is 1. The Morgan fingerprint density at radius 1 is 1.10 bits per heavy atom. The van der Waals surface area contributed by atoms with Crippen molar-refractivity contribution in [3.63, 3.8) is 0 Å². The summed E-state index contributed by atoms with van der Waals surface area (Å²) in [6.45, 7) is 8.07. The minimum Gasteiger partial charge on any atom is -0.481 e. The largest absolute Gasteiger partial charge is 0.481 e. The predicted molar refractivity (Wildman–Crippen MR) is 111 cm³/mol. The van der Waals surface area contributed by atoms with Crippen LogP contribution in [0.3, 0.4) is 0 Å². The third-order valence-electron chi connectivity index (χ3n) is 4.78. The molecule has 4 rings (SSSR count). The summed E-state index contributed by atoms with van der Waals surface area (Å²) in [4.78, 5) is 29.1. The average Bonchev–Trinajstić information content (AvgIpc) is 3.16. The van der Waals surface area contributed by atoms with Gasteiger partial charge in [-0.15, -0.1) is 0 Å². The number of carbonyl (C=O) groups excluding carboxylic acids is 1. The molecule has 0 aromatic carbocycles. The summed E-state index contributed by atoms with van der Waals surface area (Å²) < 4.78 is 10.7. The first-order valence-electron chi connectivity index (χ1n) is 9.77. The van der Waals surface area contributed by atoms with Crippen molar-refractivity contribution in [2.75, 3.05) is 38.2 Å². The molecule has 0 radical (unpaired) electrons. The standard InChI is InChI=1S/C20H25N7O3/c1-20(2,3)30-19(28)27-7-5-26(6-8-27)16-10-14(22-12-23-16)18-13-9-17(29-4)21-11-15(13)24-25-18/h9-12H,5-8H2,1-4H3,(H,24,25). The molecule has 0 aliphatic carbocycles. The van der Waals surface area contributed by atoms with E-state index in [9.17, 15) is 4.79 Å². The molecular formula is C20H25N7O3. The molecular weight excluding hydrogens is 386 g/mol. The Bertz CT molecular complexity index is 1050. The van der Waals surface area contributed by atoms with Crippen LogP contribution in [0.1, 0.15) is 20.8 Å². The molecule has 3 aromatic rings. The summed E-state index contributed by atoms with van der Waals surface area (Å²) in [7, 11) is 1.58. The van der Waals surface area contributed by atoms with Gasteiger partial charge >= 0.3 is 6.09 Å². The first-order valence-corrected chi connectivity index (χ1v) is 9.77. The van der Waals surface area contributed by atoms with Crippen LogP contribution in [0.25, 0.3) is 22.3 Å². The molecule has 4 heterocycles. The van der Waals surface area contributed by atoms with Crippen molar-refractivity contribution < 1.29 is 14.3 Å². The van der Waals surface area contributed by atoms with E-state index in [1.807, 2.05) is 32.9 Å². The molecule has 1 aliphatic rings. The molecule has 1 saturated heterocycles. The number of fused-ring (bicyclic) bond motifs is 1. The molecule has 1 N–H and O–H groups in total. The zero-order chi connectivity index (χ0) is 21.3. The summed E-state index contributed by atoms with van der Waals surface area (Å²) in [5.74, 6) is 1.30. The van der Waals surface area contributed by atoms with E-state index < -0.39 is 5.60 Å². The second-order valence-corrected chi connectivity index (χ2v) is 8.06. The van der Waals surface area contributed by atoms with Crippen LogP contribution in [0, 0.1) is 0 Å². The molecule has 0 saturated carbocycles. The van der Waals surface area contributed by atoms with Crippen LogP contribution in [-0.4, -0.2) is 75.0 Å². The van der Waals surface area contributed by atoms with Gasteiger partial charge in [-0.1, -0.05) is 0 Å². The fourth-order valence-corrected chi connectivity index (χ4v) is 3.30. The van der Waals surface area contributed by atoms with Gasteiger partial charge in [0.05, 0.1) is 24.5 Å². The molecule has 0 unspecified atom stereocenters. The number of ether oxygens (including phenoxy) is 2. The summed E-state index contributed by atoms with van der Waals surface area (Å²) in [6, 6.07) is 3.74. The second kappa shape index (κ2) is 7.77. The fourth-order valence-electron chi connectivity index (χ4n) is 3.30. The fraction of sp³-hybridized carbons (Fsp3) is 0.450. The Morgan fingerprint density at radius 2 is 1.87 bits per heavy atom. The maximum absolute atomic E-state index is 12.3. The van der Waals surface area contributed by atoms with E-state index in [1.165, 1.54) is 6.33 Å². The predicted octanol–water partition coefficient (Wildman–Crippen LogP) is 2.48. The van der Waals surface area contributed by atoms with Crippen molar-refractivity contribution in [3.05, 3.63) is 24.7 Å². The number of carbonyl (C=O) groups is 1. The number of H-pyrrole nitrogens is 1. The van der Waals surface area contributed by atoms with E-state index in [-0.39, 0.29) is 6.09 Å². The summed E-state index contributed by atoms with van der Waals surface area (Å²) in [5.41, 5.74) is 1.72. The molecule has 10 nitrogen and oxygen atoms in total. The van der Waals surface area contributed by atoms with Crippen molar-refractivity contribution in [2.45, 2.75) is 26.4 Å². The van der Waals surface area contributed by atoms with Crippen LogP contribution in [0.15, 0.2) is 24.7 Å². The Morgan fingerprint density at radius 3 is 2.57 bits per heavy atom. The van der Waals surface area contributed by atoms with Crippen molar-refractivity contribution in [3.8, 4) is 17.3 Å². The van der Waals surface area contributed by atoms with Gasteiger partial charge in [-0.25, -0.2) is 19.7 Å². The van der Waals surface area contributed by atoms with E-state index in [4.69, 9.17) is 9.47 Å². The highest BCUT2D eigenvalue weighted by molar-refractivity contribution is 5.92. The normalized spacial score (nSPS) is 14.8. The monoisotopic (exact) mass is 411 g/mol. The van der Waals surface area contributed by atoms with Crippen molar-refractivity contribution in [2.24, 2.45) is 0 Å². The van der Waals surface area contributed by atoms with Crippen LogP contribution in [0.5, 0.6) is 5.88 Å². The number of methoxy groups -OCH3 is 1. The lowest BCUT2D eigenvalue weighted by molar-refractivity contribution is 0.0240. The molecule has 1 amide bonds. The molecule has 0 spiro atoms. The summed E-state index contributed by atoms with van der Waals surface area (Å²) >= 11 is 0. The number of anilines is 1. The second-order valence-electron chi connectivity index (χ2n) is 8.06. The zero-order valence-electron chi connectivity index (χ0n) is 17.5. The zero-order valence-corrected chi connectivity index (χ0v) is 17.5. The number of nitrogens with zero attached hydrogens (tertiary/aromatic N) is 6. The van der Waals surface area contributed by atoms with Crippen LogP contribution in [0.2, 0.25) is 0 Å². The molecule has 30 heavy (non-hydrogen) atoms. The maximum atomic E-state index is 12.3. The molecule has 0 bridgehead atoms. The van der Waals surface area contributed by atoms with Gasteiger partial charge in [-0.05, 0) is 20.8 Å². The van der Waals surface area contributed by atoms with E-state index in [0.29, 0.717) is 43.4 Å². The molecule has 0 atom stereocenters. The van der Waals surface area contributed by atoms with E-state index in [1.54, 1.807) is 18.2 Å². The SMILES string of the molecule is COc1cc2c(-c3cc(N4CCN(C(=O)OC(C)(C)C)CC4)ncn3)n[nH]c2cn1. The van der Waals surface area contributed by atoms with Crippen molar-refractivity contribution in [1.29, 1.82) is 0 Å². The number of rotatable bonds is 3. The highest BCUT2D eigenvalue weighted by atomic mass is 16.6. The molecule has 1 fully saturated rings. The number of aromatic nitrogens is 5. The minimum atomic E-state index is -0.500. The number of amides is 1. The third-order valence-corrected chi connectivity index (χ3v) is 4.78. The summed E-state index contributed by atoms with van der Waals surface area (Å²) in [6.07, 6.45) is 2.93. The maximum Gasteiger partial charge on any atom is 0.410 e.